The molecule has 36 heavy (non-hydrogen) atoms. The summed E-state index contributed by atoms with van der Waals surface area (Å²) in [7, 11) is 0. The highest BCUT2D eigenvalue weighted by Gasteiger charge is 2.33. The Hall–Kier alpha value is -3.33. The summed E-state index contributed by atoms with van der Waals surface area (Å²) in [5, 5.41) is 3.34. The molecule has 1 fully saturated rings. The Morgan fingerprint density at radius 1 is 1.08 bits per heavy atom. The van der Waals surface area contributed by atoms with Gasteiger partial charge in [-0.1, -0.05) is 53.8 Å². The summed E-state index contributed by atoms with van der Waals surface area (Å²) < 4.78 is 11.9. The van der Waals surface area contributed by atoms with Crippen molar-refractivity contribution in [2.24, 2.45) is 0 Å². The lowest BCUT2D eigenvalue weighted by Crippen LogP contribution is -2.27. The van der Waals surface area contributed by atoms with E-state index in [2.05, 4.69) is 5.32 Å². The van der Waals surface area contributed by atoms with Crippen LogP contribution in [0.15, 0.2) is 71.6 Å². The van der Waals surface area contributed by atoms with E-state index in [9.17, 15) is 9.59 Å². The number of thiocarbonyl (C=S) groups is 1. The fraction of sp³-hybridized carbons (Fsp3) is 0.148. The number of aryl methyl sites for hydroxylation is 1. The summed E-state index contributed by atoms with van der Waals surface area (Å²) in [5.41, 5.74) is 3.17. The minimum atomic E-state index is -0.316. The average molecular weight is 539 g/mol. The highest BCUT2D eigenvalue weighted by molar-refractivity contribution is 8.27. The second-order valence-corrected chi connectivity index (χ2v) is 9.95. The Labute approximate surface area is 224 Å². The molecule has 0 spiro atoms. The fourth-order valence-corrected chi connectivity index (χ4v) is 4.91. The number of ether oxygens (including phenoxy) is 2. The van der Waals surface area contributed by atoms with Crippen LogP contribution in [-0.2, 0) is 9.59 Å². The maximum absolute atomic E-state index is 13.1. The molecule has 0 bridgehead atoms. The molecule has 3 aromatic rings. The van der Waals surface area contributed by atoms with Gasteiger partial charge in [-0.3, -0.25) is 14.5 Å². The molecule has 3 aromatic carbocycles. The SMILES string of the molecule is CCOc1cc(/C=C2\SC(=S)N(c3cccc(C)c3)C2=O)ccc1OCC(=O)Nc1ccc(Cl)cc1. The maximum Gasteiger partial charge on any atom is 0.270 e. The van der Waals surface area contributed by atoms with Crippen LogP contribution in [0.25, 0.3) is 6.08 Å². The number of amides is 2. The third kappa shape index (κ3) is 6.26. The molecular formula is C27H23ClN2O4S2. The first-order chi connectivity index (χ1) is 17.3. The smallest absolute Gasteiger partial charge is 0.270 e. The molecular weight excluding hydrogens is 516 g/mol. The summed E-state index contributed by atoms with van der Waals surface area (Å²) in [6.45, 7) is 4.04. The molecule has 2 amide bonds. The van der Waals surface area contributed by atoms with Gasteiger partial charge in [-0.15, -0.1) is 0 Å². The van der Waals surface area contributed by atoms with E-state index in [1.165, 1.54) is 11.8 Å². The fourth-order valence-electron chi connectivity index (χ4n) is 3.48. The highest BCUT2D eigenvalue weighted by atomic mass is 35.5. The van der Waals surface area contributed by atoms with Gasteiger partial charge in [0.15, 0.2) is 22.4 Å². The van der Waals surface area contributed by atoms with Crippen LogP contribution in [0.2, 0.25) is 5.02 Å². The number of rotatable bonds is 8. The number of hydrogen-bond donors (Lipinski definition) is 1. The molecule has 0 aliphatic carbocycles. The summed E-state index contributed by atoms with van der Waals surface area (Å²) in [4.78, 5) is 27.4. The minimum absolute atomic E-state index is 0.173. The topological polar surface area (TPSA) is 67.9 Å². The van der Waals surface area contributed by atoms with E-state index < -0.39 is 0 Å². The minimum Gasteiger partial charge on any atom is -0.490 e. The number of nitrogens with one attached hydrogen (secondary N) is 1. The summed E-state index contributed by atoms with van der Waals surface area (Å²) in [5.74, 6) is 0.406. The van der Waals surface area contributed by atoms with E-state index in [4.69, 9.17) is 33.3 Å². The Morgan fingerprint density at radius 3 is 2.58 bits per heavy atom. The van der Waals surface area contributed by atoms with E-state index in [1.807, 2.05) is 38.1 Å². The number of carbonyl (C=O) groups excluding carboxylic acids is 2. The van der Waals surface area contributed by atoms with Crippen LogP contribution in [0.3, 0.4) is 0 Å². The highest BCUT2D eigenvalue weighted by Crippen LogP contribution is 2.37. The van der Waals surface area contributed by atoms with Crippen molar-refractivity contribution in [1.82, 2.24) is 0 Å². The van der Waals surface area contributed by atoms with Gasteiger partial charge < -0.3 is 14.8 Å². The van der Waals surface area contributed by atoms with E-state index >= 15 is 0 Å². The van der Waals surface area contributed by atoms with E-state index in [1.54, 1.807) is 53.4 Å². The van der Waals surface area contributed by atoms with Gasteiger partial charge in [0.05, 0.1) is 17.2 Å². The van der Waals surface area contributed by atoms with Crippen molar-refractivity contribution in [3.05, 3.63) is 87.8 Å². The quantitative estimate of drug-likeness (QED) is 0.262. The predicted octanol–water partition coefficient (Wildman–Crippen LogP) is 6.47. The van der Waals surface area contributed by atoms with Crippen molar-refractivity contribution in [3.8, 4) is 11.5 Å². The molecule has 184 valence electrons. The molecule has 1 aliphatic heterocycles. The molecule has 1 saturated heterocycles. The first-order valence-electron chi connectivity index (χ1n) is 11.1. The van der Waals surface area contributed by atoms with E-state index in [0.717, 1.165) is 16.8 Å². The third-order valence-electron chi connectivity index (χ3n) is 5.11. The van der Waals surface area contributed by atoms with Gasteiger partial charge in [0.1, 0.15) is 0 Å². The van der Waals surface area contributed by atoms with Gasteiger partial charge >= 0.3 is 0 Å². The number of anilines is 2. The van der Waals surface area contributed by atoms with Gasteiger partial charge in [0, 0.05) is 10.7 Å². The zero-order valence-electron chi connectivity index (χ0n) is 19.6. The van der Waals surface area contributed by atoms with Gasteiger partial charge in [-0.05, 0) is 79.6 Å². The van der Waals surface area contributed by atoms with Crippen molar-refractivity contribution >= 4 is 69.2 Å². The monoisotopic (exact) mass is 538 g/mol. The van der Waals surface area contributed by atoms with Crippen LogP contribution < -0.4 is 19.7 Å². The lowest BCUT2D eigenvalue weighted by atomic mass is 10.1. The predicted molar refractivity (Wildman–Crippen MR) is 150 cm³/mol. The summed E-state index contributed by atoms with van der Waals surface area (Å²) >= 11 is 12.6. The van der Waals surface area contributed by atoms with Crippen molar-refractivity contribution in [3.63, 3.8) is 0 Å². The third-order valence-corrected chi connectivity index (χ3v) is 6.66. The molecule has 0 atom stereocenters. The van der Waals surface area contributed by atoms with Crippen LogP contribution in [0.5, 0.6) is 11.5 Å². The Bertz CT molecular complexity index is 1340. The number of halogens is 1. The first-order valence-corrected chi connectivity index (χ1v) is 12.7. The van der Waals surface area contributed by atoms with Crippen LogP contribution in [0.1, 0.15) is 18.1 Å². The van der Waals surface area contributed by atoms with Crippen molar-refractivity contribution in [2.45, 2.75) is 13.8 Å². The number of carbonyl (C=O) groups is 2. The van der Waals surface area contributed by atoms with Crippen molar-refractivity contribution in [1.29, 1.82) is 0 Å². The first kappa shape index (κ1) is 25.8. The lowest BCUT2D eigenvalue weighted by molar-refractivity contribution is -0.118. The summed E-state index contributed by atoms with van der Waals surface area (Å²) in [6, 6.07) is 19.8. The number of hydrogen-bond acceptors (Lipinski definition) is 6. The lowest BCUT2D eigenvalue weighted by Gasteiger charge is -2.15. The molecule has 0 unspecified atom stereocenters. The largest absolute Gasteiger partial charge is 0.490 e. The zero-order chi connectivity index (χ0) is 25.7. The molecule has 1 aliphatic rings. The van der Waals surface area contributed by atoms with Crippen molar-refractivity contribution in [2.75, 3.05) is 23.4 Å². The zero-order valence-corrected chi connectivity index (χ0v) is 22.0. The Balaban J connectivity index is 1.47. The standard InChI is InChI=1S/C27H23ClN2O4S2/c1-3-33-23-14-18(7-12-22(23)34-16-25(31)29-20-10-8-19(28)9-11-20)15-24-26(32)30(27(35)36-24)21-6-4-5-17(2)13-21/h4-15H,3,16H2,1-2H3,(H,29,31)/b24-15-. The molecule has 4 rings (SSSR count). The van der Waals surface area contributed by atoms with E-state index in [0.29, 0.717) is 38.0 Å². The second-order valence-electron chi connectivity index (χ2n) is 7.84. The van der Waals surface area contributed by atoms with E-state index in [-0.39, 0.29) is 18.4 Å². The molecule has 1 heterocycles. The molecule has 0 saturated carbocycles. The van der Waals surface area contributed by atoms with Gasteiger partial charge in [0.25, 0.3) is 11.8 Å². The number of thioether (sulfide) groups is 1. The number of nitrogens with zero attached hydrogens (tertiary/aromatic N) is 1. The van der Waals surface area contributed by atoms with Crippen LogP contribution in [0, 0.1) is 6.92 Å². The van der Waals surface area contributed by atoms with Crippen molar-refractivity contribution < 1.29 is 19.1 Å². The second kappa shape index (κ2) is 11.6. The van der Waals surface area contributed by atoms with Gasteiger partial charge in [-0.2, -0.15) is 0 Å². The Kier molecular flexibility index (Phi) is 8.30. The molecule has 6 nitrogen and oxygen atoms in total. The molecule has 9 heteroatoms. The molecule has 0 radical (unpaired) electrons. The number of benzene rings is 3. The summed E-state index contributed by atoms with van der Waals surface area (Å²) in [6.07, 6.45) is 1.77. The van der Waals surface area contributed by atoms with Gasteiger partial charge in [-0.25, -0.2) is 0 Å². The molecule has 1 N–H and O–H groups in total. The van der Waals surface area contributed by atoms with Gasteiger partial charge in [0.2, 0.25) is 0 Å². The maximum atomic E-state index is 13.1. The Morgan fingerprint density at radius 2 is 1.86 bits per heavy atom. The average Bonchev–Trinajstić information content (AvgIpc) is 3.12. The van der Waals surface area contributed by atoms with Crippen LogP contribution >= 0.6 is 35.6 Å². The molecule has 0 aromatic heterocycles. The van der Waals surface area contributed by atoms with Crippen LogP contribution in [0.4, 0.5) is 11.4 Å². The van der Waals surface area contributed by atoms with Crippen LogP contribution in [-0.4, -0.2) is 29.3 Å². The normalized spacial score (nSPS) is 14.3.